The highest BCUT2D eigenvalue weighted by Gasteiger charge is 2.25. The number of fused-ring (bicyclic) bond motifs is 1. The molecule has 0 fully saturated rings. The average Bonchev–Trinajstić information content (AvgIpc) is 2.20. The molecule has 1 unspecified atom stereocenters. The number of hydrogen-bond donors (Lipinski definition) is 2. The fourth-order valence-corrected chi connectivity index (χ4v) is 2.01. The second kappa shape index (κ2) is 4.02. The van der Waals surface area contributed by atoms with Gasteiger partial charge in [0.15, 0.2) is 0 Å². The van der Waals surface area contributed by atoms with Crippen LogP contribution in [0.3, 0.4) is 0 Å². The molecule has 0 saturated carbocycles. The van der Waals surface area contributed by atoms with Crippen molar-refractivity contribution in [2.45, 2.75) is 12.5 Å². The Kier molecular flexibility index (Phi) is 2.73. The number of halogens is 1. The molecule has 1 heterocycles. The minimum absolute atomic E-state index is 0.170. The number of benzene rings is 1. The van der Waals surface area contributed by atoms with Crippen molar-refractivity contribution in [3.8, 4) is 0 Å². The first-order chi connectivity index (χ1) is 7.20. The maximum atomic E-state index is 11.5. The highest BCUT2D eigenvalue weighted by molar-refractivity contribution is 9.10. The van der Waals surface area contributed by atoms with Crippen molar-refractivity contribution in [2.75, 3.05) is 5.32 Å². The second-order valence-electron chi connectivity index (χ2n) is 3.33. The number of nitrogens with one attached hydrogen (secondary N) is 2. The topological polar surface area (TPSA) is 58.2 Å². The van der Waals surface area contributed by atoms with E-state index in [1.807, 2.05) is 18.2 Å². The zero-order valence-electron chi connectivity index (χ0n) is 7.79. The normalized spacial score (nSPS) is 19.0. The van der Waals surface area contributed by atoms with Gasteiger partial charge >= 0.3 is 0 Å². The number of hydrogen-bond acceptors (Lipinski definition) is 2. The largest absolute Gasteiger partial charge is 0.347 e. The molecule has 0 bridgehead atoms. The van der Waals surface area contributed by atoms with Crippen molar-refractivity contribution >= 4 is 33.9 Å². The Morgan fingerprint density at radius 1 is 1.53 bits per heavy atom. The van der Waals surface area contributed by atoms with E-state index in [2.05, 4.69) is 26.6 Å². The number of carbonyl (C=O) groups is 2. The van der Waals surface area contributed by atoms with Crippen LogP contribution < -0.4 is 10.6 Å². The van der Waals surface area contributed by atoms with Gasteiger partial charge in [-0.3, -0.25) is 9.59 Å². The lowest BCUT2D eigenvalue weighted by Crippen LogP contribution is -2.44. The maximum absolute atomic E-state index is 11.5. The number of amides is 2. The van der Waals surface area contributed by atoms with Gasteiger partial charge in [0.2, 0.25) is 12.3 Å². The van der Waals surface area contributed by atoms with Crippen molar-refractivity contribution < 1.29 is 9.59 Å². The van der Waals surface area contributed by atoms with Gasteiger partial charge in [0.05, 0.1) is 0 Å². The number of anilines is 1. The van der Waals surface area contributed by atoms with Gasteiger partial charge in [-0.15, -0.1) is 0 Å². The molecule has 2 N–H and O–H groups in total. The predicted molar refractivity (Wildman–Crippen MR) is 59.5 cm³/mol. The van der Waals surface area contributed by atoms with Crippen LogP contribution >= 0.6 is 15.9 Å². The van der Waals surface area contributed by atoms with E-state index in [-0.39, 0.29) is 5.91 Å². The van der Waals surface area contributed by atoms with Crippen LogP contribution in [0.2, 0.25) is 0 Å². The first-order valence-corrected chi connectivity index (χ1v) is 5.29. The summed E-state index contributed by atoms with van der Waals surface area (Å²) in [5, 5.41) is 5.23. The zero-order valence-corrected chi connectivity index (χ0v) is 9.37. The summed E-state index contributed by atoms with van der Waals surface area (Å²) in [6.45, 7) is 0. The molecular formula is C10H9BrN2O2. The first-order valence-electron chi connectivity index (χ1n) is 4.49. The van der Waals surface area contributed by atoms with Crippen LogP contribution in [-0.2, 0) is 16.0 Å². The Morgan fingerprint density at radius 2 is 2.33 bits per heavy atom. The molecule has 2 rings (SSSR count). The lowest BCUT2D eigenvalue weighted by molar-refractivity contribution is -0.121. The summed E-state index contributed by atoms with van der Waals surface area (Å²) in [4.78, 5) is 21.8. The molecule has 1 aliphatic heterocycles. The fourth-order valence-electron chi connectivity index (χ4n) is 1.60. The monoisotopic (exact) mass is 268 g/mol. The highest BCUT2D eigenvalue weighted by atomic mass is 79.9. The summed E-state index contributed by atoms with van der Waals surface area (Å²) in [7, 11) is 0. The quantitative estimate of drug-likeness (QED) is 0.789. The minimum Gasteiger partial charge on any atom is -0.347 e. The SMILES string of the molecule is O=CNC1Cc2cc(Br)ccc2NC1=O. The Balaban J connectivity index is 2.30. The molecule has 0 spiro atoms. The third-order valence-corrected chi connectivity index (χ3v) is 2.83. The molecule has 0 radical (unpaired) electrons. The molecule has 78 valence electrons. The van der Waals surface area contributed by atoms with Gasteiger partial charge in [-0.1, -0.05) is 15.9 Å². The van der Waals surface area contributed by atoms with Gasteiger partial charge in [0, 0.05) is 16.6 Å². The summed E-state index contributed by atoms with van der Waals surface area (Å²) in [5.74, 6) is -0.170. The molecule has 0 saturated heterocycles. The van der Waals surface area contributed by atoms with E-state index in [0.717, 1.165) is 15.7 Å². The van der Waals surface area contributed by atoms with Gasteiger partial charge in [-0.2, -0.15) is 0 Å². The zero-order chi connectivity index (χ0) is 10.8. The van der Waals surface area contributed by atoms with Crippen LogP contribution in [0.1, 0.15) is 5.56 Å². The average molecular weight is 269 g/mol. The van der Waals surface area contributed by atoms with Crippen molar-refractivity contribution in [3.05, 3.63) is 28.2 Å². The van der Waals surface area contributed by atoms with Crippen molar-refractivity contribution in [3.63, 3.8) is 0 Å². The Bertz CT molecular complexity index is 420. The van der Waals surface area contributed by atoms with Crippen molar-refractivity contribution in [2.24, 2.45) is 0 Å². The Morgan fingerprint density at radius 3 is 3.07 bits per heavy atom. The van der Waals surface area contributed by atoms with E-state index in [1.165, 1.54) is 0 Å². The van der Waals surface area contributed by atoms with Gasteiger partial charge in [-0.25, -0.2) is 0 Å². The summed E-state index contributed by atoms with van der Waals surface area (Å²) in [5.41, 5.74) is 1.83. The molecule has 0 aromatic heterocycles. The summed E-state index contributed by atoms with van der Waals surface area (Å²) < 4.78 is 0.960. The summed E-state index contributed by atoms with van der Waals surface area (Å²) in [6, 6.07) is 5.18. The van der Waals surface area contributed by atoms with Gasteiger partial charge in [-0.05, 0) is 23.8 Å². The molecular weight excluding hydrogens is 260 g/mol. The van der Waals surface area contributed by atoms with E-state index >= 15 is 0 Å². The minimum atomic E-state index is -0.468. The van der Waals surface area contributed by atoms with Gasteiger partial charge in [0.25, 0.3) is 0 Å². The van der Waals surface area contributed by atoms with Gasteiger partial charge < -0.3 is 10.6 Å². The molecule has 4 nitrogen and oxygen atoms in total. The molecule has 5 heteroatoms. The Labute approximate surface area is 95.2 Å². The van der Waals surface area contributed by atoms with Crippen LogP contribution in [-0.4, -0.2) is 18.4 Å². The fraction of sp³-hybridized carbons (Fsp3) is 0.200. The molecule has 1 aromatic rings. The van der Waals surface area contributed by atoms with Crippen LogP contribution in [0.15, 0.2) is 22.7 Å². The van der Waals surface area contributed by atoms with Crippen LogP contribution in [0.4, 0.5) is 5.69 Å². The molecule has 1 aromatic carbocycles. The number of rotatable bonds is 2. The molecule has 15 heavy (non-hydrogen) atoms. The van der Waals surface area contributed by atoms with E-state index in [4.69, 9.17) is 0 Å². The molecule has 1 aliphatic rings. The lowest BCUT2D eigenvalue weighted by Gasteiger charge is -2.24. The van der Waals surface area contributed by atoms with Gasteiger partial charge in [0.1, 0.15) is 6.04 Å². The lowest BCUT2D eigenvalue weighted by atomic mass is 9.99. The second-order valence-corrected chi connectivity index (χ2v) is 4.25. The third kappa shape index (κ3) is 2.02. The smallest absolute Gasteiger partial charge is 0.247 e. The van der Waals surface area contributed by atoms with E-state index in [0.29, 0.717) is 12.8 Å². The van der Waals surface area contributed by atoms with Crippen molar-refractivity contribution in [1.82, 2.24) is 5.32 Å². The van der Waals surface area contributed by atoms with Crippen LogP contribution in [0.5, 0.6) is 0 Å². The predicted octanol–water partition coefficient (Wildman–Crippen LogP) is 1.06. The van der Waals surface area contributed by atoms with Crippen LogP contribution in [0.25, 0.3) is 0 Å². The molecule has 1 atom stereocenters. The summed E-state index contributed by atoms with van der Waals surface area (Å²) in [6.07, 6.45) is 1.08. The third-order valence-electron chi connectivity index (χ3n) is 2.33. The number of carbonyl (C=O) groups excluding carboxylic acids is 2. The van der Waals surface area contributed by atoms with Crippen LogP contribution in [0, 0.1) is 0 Å². The molecule has 0 aliphatic carbocycles. The standard InChI is InChI=1S/C10H9BrN2O2/c11-7-1-2-8-6(3-7)4-9(12-5-14)10(15)13-8/h1-3,5,9H,4H2,(H,12,14)(H,13,15). The van der Waals surface area contributed by atoms with E-state index in [9.17, 15) is 9.59 Å². The van der Waals surface area contributed by atoms with Crippen molar-refractivity contribution in [1.29, 1.82) is 0 Å². The summed E-state index contributed by atoms with van der Waals surface area (Å²) >= 11 is 3.36. The van der Waals surface area contributed by atoms with E-state index in [1.54, 1.807) is 0 Å². The maximum Gasteiger partial charge on any atom is 0.247 e. The highest BCUT2D eigenvalue weighted by Crippen LogP contribution is 2.25. The van der Waals surface area contributed by atoms with E-state index < -0.39 is 6.04 Å². The Hall–Kier alpha value is -1.36. The molecule has 2 amide bonds. The first kappa shape index (κ1) is 10.2.